The Bertz CT molecular complexity index is 655. The first-order chi connectivity index (χ1) is 16.0. The highest BCUT2D eigenvalue weighted by atomic mass is 16.8. The van der Waals surface area contributed by atoms with E-state index in [0.29, 0.717) is 0 Å². The number of hydrogen-bond donors (Lipinski definition) is 11. The summed E-state index contributed by atoms with van der Waals surface area (Å²) in [6.07, 6.45) is -22.4. The van der Waals surface area contributed by atoms with Crippen LogP contribution in [0.15, 0.2) is 0 Å². The van der Waals surface area contributed by atoms with E-state index in [4.69, 9.17) is 23.7 Å². The number of aliphatic hydroxyl groups excluding tert-OH is 11. The molecule has 0 bridgehead atoms. The summed E-state index contributed by atoms with van der Waals surface area (Å²) in [7, 11) is 0. The maximum Gasteiger partial charge on any atom is 0.221 e. The zero-order valence-corrected chi connectivity index (χ0v) is 17.8. The Kier molecular flexibility index (Phi) is 9.18. The van der Waals surface area contributed by atoms with Crippen LogP contribution in [-0.4, -0.2) is 168 Å². The van der Waals surface area contributed by atoms with Crippen LogP contribution in [0.3, 0.4) is 0 Å². The zero-order chi connectivity index (χ0) is 25.4. The minimum absolute atomic E-state index is 0.506. The van der Waals surface area contributed by atoms with Crippen molar-refractivity contribution in [1.29, 1.82) is 0 Å². The molecule has 34 heavy (non-hydrogen) atoms. The predicted octanol–water partition coefficient (Wildman–Crippen LogP) is -7.57. The van der Waals surface area contributed by atoms with Crippen LogP contribution in [0.1, 0.15) is 0 Å². The fourth-order valence-corrected chi connectivity index (χ4v) is 3.97. The molecule has 0 aromatic rings. The Hall–Kier alpha value is -0.640. The van der Waals surface area contributed by atoms with Gasteiger partial charge in [-0.05, 0) is 0 Å². The fraction of sp³-hybridized carbons (Fsp3) is 1.00. The molecule has 11 N–H and O–H groups in total. The molecule has 3 fully saturated rings. The quantitative estimate of drug-likeness (QED) is 0.154. The second-order valence-electron chi connectivity index (χ2n) is 8.44. The van der Waals surface area contributed by atoms with Gasteiger partial charge in [-0.15, -0.1) is 0 Å². The maximum absolute atomic E-state index is 10.3. The Labute approximate surface area is 192 Å². The Balaban J connectivity index is 1.71. The van der Waals surface area contributed by atoms with Gasteiger partial charge in [0, 0.05) is 0 Å². The molecule has 0 radical (unpaired) electrons. The van der Waals surface area contributed by atoms with Gasteiger partial charge in [-0.2, -0.15) is 0 Å². The summed E-state index contributed by atoms with van der Waals surface area (Å²) in [5, 5.41) is 110. The van der Waals surface area contributed by atoms with Crippen LogP contribution in [0, 0.1) is 0 Å². The molecule has 0 aromatic heterocycles. The molecule has 0 aromatic carbocycles. The van der Waals surface area contributed by atoms with Gasteiger partial charge in [0.25, 0.3) is 0 Å². The van der Waals surface area contributed by atoms with Crippen molar-refractivity contribution in [3.05, 3.63) is 0 Å². The van der Waals surface area contributed by atoms with Crippen LogP contribution in [0.2, 0.25) is 0 Å². The van der Waals surface area contributed by atoms with Gasteiger partial charge in [-0.25, -0.2) is 0 Å². The van der Waals surface area contributed by atoms with Crippen molar-refractivity contribution in [3.63, 3.8) is 0 Å². The smallest absolute Gasteiger partial charge is 0.221 e. The van der Waals surface area contributed by atoms with E-state index in [1.165, 1.54) is 0 Å². The molecule has 200 valence electrons. The number of aliphatic hydroxyl groups is 11. The highest BCUT2D eigenvalue weighted by Crippen LogP contribution is 2.31. The molecule has 3 aliphatic rings. The largest absolute Gasteiger partial charge is 0.394 e. The van der Waals surface area contributed by atoms with Gasteiger partial charge in [0.2, 0.25) is 5.79 Å². The maximum atomic E-state index is 10.3. The average Bonchev–Trinajstić information content (AvgIpc) is 2.83. The average molecular weight is 504 g/mol. The molecule has 3 rings (SSSR count). The second kappa shape index (κ2) is 11.2. The molecule has 0 saturated carbocycles. The van der Waals surface area contributed by atoms with E-state index in [1.807, 2.05) is 0 Å². The summed E-state index contributed by atoms with van der Waals surface area (Å²) in [5.41, 5.74) is 0. The standard InChI is InChI=1S/C18H32O16/c19-1-6-10(24)14(13(27)16(29)32-6)34-17-12(26)11(25)9(23)7(33-17)3-31-18(4-20)15(28)8(22)5(21)2-30-18/h5-17,19-29H,1-4H2/t5-,6-,7-,8-,9-,10-,11+,12-,13-,14+,15+,16?,17+,18+/m1/s1. The molecule has 3 heterocycles. The van der Waals surface area contributed by atoms with E-state index in [9.17, 15) is 56.2 Å². The van der Waals surface area contributed by atoms with Gasteiger partial charge < -0.3 is 79.9 Å². The van der Waals surface area contributed by atoms with Crippen molar-refractivity contribution < 1.29 is 79.9 Å². The molecular weight excluding hydrogens is 472 g/mol. The van der Waals surface area contributed by atoms with E-state index in [1.54, 1.807) is 0 Å². The summed E-state index contributed by atoms with van der Waals surface area (Å²) in [5.74, 6) is -2.22. The van der Waals surface area contributed by atoms with Crippen LogP contribution in [0.5, 0.6) is 0 Å². The van der Waals surface area contributed by atoms with E-state index < -0.39 is 112 Å². The topological polar surface area (TPSA) is 269 Å². The Morgan fingerprint density at radius 2 is 1.41 bits per heavy atom. The third kappa shape index (κ3) is 5.23. The first kappa shape index (κ1) is 27.9. The van der Waals surface area contributed by atoms with Crippen LogP contribution in [0.25, 0.3) is 0 Å². The molecule has 0 spiro atoms. The summed E-state index contributed by atoms with van der Waals surface area (Å²) in [6.45, 7) is -2.94. The minimum atomic E-state index is -2.22. The normalized spacial score (nSPS) is 52.5. The molecule has 16 nitrogen and oxygen atoms in total. The molecular formula is C18H32O16. The summed E-state index contributed by atoms with van der Waals surface area (Å²) in [6, 6.07) is 0. The molecule has 3 aliphatic heterocycles. The summed E-state index contributed by atoms with van der Waals surface area (Å²) in [4.78, 5) is 0. The van der Waals surface area contributed by atoms with Crippen molar-refractivity contribution in [2.45, 2.75) is 85.5 Å². The third-order valence-corrected chi connectivity index (χ3v) is 6.18. The van der Waals surface area contributed by atoms with Crippen molar-refractivity contribution in [2.24, 2.45) is 0 Å². The predicted molar refractivity (Wildman–Crippen MR) is 101 cm³/mol. The summed E-state index contributed by atoms with van der Waals surface area (Å²) >= 11 is 0. The fourth-order valence-electron chi connectivity index (χ4n) is 3.97. The van der Waals surface area contributed by atoms with Crippen molar-refractivity contribution in [3.8, 4) is 0 Å². The second-order valence-corrected chi connectivity index (χ2v) is 8.44. The van der Waals surface area contributed by atoms with E-state index >= 15 is 0 Å². The van der Waals surface area contributed by atoms with E-state index in [-0.39, 0.29) is 0 Å². The highest BCUT2D eigenvalue weighted by Gasteiger charge is 2.53. The molecule has 14 atom stereocenters. The molecule has 16 heteroatoms. The van der Waals surface area contributed by atoms with Crippen LogP contribution in [-0.2, 0) is 23.7 Å². The van der Waals surface area contributed by atoms with Gasteiger partial charge in [0.1, 0.15) is 73.8 Å². The SMILES string of the molecule is OC[C@H]1OC(O)[C@H](O)[C@@H](O[C@@H]2O[C@H](CO[C@]3(CO)OC[C@@H](O)[C@@H](O)[C@@H]3O)[C@@H](O)[C@H](O)[C@H]2O)[C@@H]1O. The lowest BCUT2D eigenvalue weighted by Crippen LogP contribution is -2.66. The first-order valence-electron chi connectivity index (χ1n) is 10.6. The number of hydrogen-bond acceptors (Lipinski definition) is 16. The summed E-state index contributed by atoms with van der Waals surface area (Å²) < 4.78 is 26.1. The van der Waals surface area contributed by atoms with Gasteiger partial charge in [0.15, 0.2) is 12.6 Å². The van der Waals surface area contributed by atoms with Crippen LogP contribution >= 0.6 is 0 Å². The monoisotopic (exact) mass is 504 g/mol. The van der Waals surface area contributed by atoms with Crippen molar-refractivity contribution in [2.75, 3.05) is 26.4 Å². The lowest BCUT2D eigenvalue weighted by Gasteiger charge is -2.47. The van der Waals surface area contributed by atoms with Crippen LogP contribution < -0.4 is 0 Å². The Morgan fingerprint density at radius 3 is 2.03 bits per heavy atom. The molecule has 0 aliphatic carbocycles. The van der Waals surface area contributed by atoms with E-state index in [0.717, 1.165) is 0 Å². The molecule has 3 saturated heterocycles. The third-order valence-electron chi connectivity index (χ3n) is 6.18. The molecule has 0 amide bonds. The van der Waals surface area contributed by atoms with Gasteiger partial charge in [-0.3, -0.25) is 0 Å². The highest BCUT2D eigenvalue weighted by molar-refractivity contribution is 4.96. The minimum Gasteiger partial charge on any atom is -0.394 e. The Morgan fingerprint density at radius 1 is 0.735 bits per heavy atom. The van der Waals surface area contributed by atoms with Gasteiger partial charge in [0.05, 0.1) is 19.8 Å². The van der Waals surface area contributed by atoms with Crippen LogP contribution in [0.4, 0.5) is 0 Å². The van der Waals surface area contributed by atoms with Gasteiger partial charge in [-0.1, -0.05) is 0 Å². The lowest BCUT2D eigenvalue weighted by molar-refractivity contribution is -0.377. The first-order valence-corrected chi connectivity index (χ1v) is 10.6. The van der Waals surface area contributed by atoms with E-state index in [2.05, 4.69) is 0 Å². The number of rotatable bonds is 7. The lowest BCUT2D eigenvalue weighted by atomic mass is 9.96. The van der Waals surface area contributed by atoms with Gasteiger partial charge >= 0.3 is 0 Å². The zero-order valence-electron chi connectivity index (χ0n) is 17.8. The number of ether oxygens (including phenoxy) is 5. The molecule has 1 unspecified atom stereocenters. The van der Waals surface area contributed by atoms with Crippen molar-refractivity contribution >= 4 is 0 Å². The van der Waals surface area contributed by atoms with Crippen molar-refractivity contribution in [1.82, 2.24) is 0 Å².